The van der Waals surface area contributed by atoms with Crippen LogP contribution in [-0.4, -0.2) is 49.1 Å². The molecule has 1 amide bonds. The van der Waals surface area contributed by atoms with Gasteiger partial charge in [0.05, 0.1) is 34.0 Å². The third-order valence-electron chi connectivity index (χ3n) is 5.49. The largest absolute Gasteiger partial charge is 0.493 e. The van der Waals surface area contributed by atoms with Crippen molar-refractivity contribution in [2.75, 3.05) is 33.8 Å². The van der Waals surface area contributed by atoms with Gasteiger partial charge < -0.3 is 30.0 Å². The monoisotopic (exact) mass is 451 g/mol. The summed E-state index contributed by atoms with van der Waals surface area (Å²) in [6, 6.07) is 10.2. The van der Waals surface area contributed by atoms with Crippen molar-refractivity contribution in [2.45, 2.75) is 13.0 Å². The van der Waals surface area contributed by atoms with Gasteiger partial charge in [0.1, 0.15) is 6.04 Å². The third kappa shape index (κ3) is 3.69. The zero-order valence-electron chi connectivity index (χ0n) is 19.0. The lowest BCUT2D eigenvalue weighted by atomic mass is 9.94. The van der Waals surface area contributed by atoms with Crippen LogP contribution in [0, 0.1) is 0 Å². The maximum atomic E-state index is 12.5. The lowest BCUT2D eigenvalue weighted by molar-refractivity contribution is -0.115. The van der Waals surface area contributed by atoms with Crippen molar-refractivity contribution in [1.29, 1.82) is 0 Å². The molecule has 33 heavy (non-hydrogen) atoms. The Hall–Kier alpha value is -4.21. The molecule has 0 bridgehead atoms. The van der Waals surface area contributed by atoms with E-state index >= 15 is 0 Å². The zero-order chi connectivity index (χ0) is 23.7. The predicted molar refractivity (Wildman–Crippen MR) is 122 cm³/mol. The van der Waals surface area contributed by atoms with Crippen LogP contribution < -0.4 is 30.0 Å². The Morgan fingerprint density at radius 3 is 2.36 bits per heavy atom. The second kappa shape index (κ2) is 8.73. The summed E-state index contributed by atoms with van der Waals surface area (Å²) in [5, 5.41) is 7.85. The van der Waals surface area contributed by atoms with Crippen LogP contribution in [0.3, 0.4) is 0 Å². The number of carbonyl (C=O) groups excluding carboxylic acids is 1. The second-order valence-corrected chi connectivity index (χ2v) is 7.29. The maximum absolute atomic E-state index is 12.5. The minimum absolute atomic E-state index is 0.345. The van der Waals surface area contributed by atoms with E-state index in [1.807, 2.05) is 18.2 Å². The number of nitrogens with zero attached hydrogens (tertiary/aromatic N) is 3. The molecule has 0 saturated carbocycles. The third-order valence-corrected chi connectivity index (χ3v) is 5.49. The lowest BCUT2D eigenvalue weighted by Gasteiger charge is -2.29. The van der Waals surface area contributed by atoms with Crippen LogP contribution in [0.2, 0.25) is 0 Å². The summed E-state index contributed by atoms with van der Waals surface area (Å²) in [5.41, 5.74) is 8.09. The highest BCUT2D eigenvalue weighted by atomic mass is 16.5. The van der Waals surface area contributed by atoms with Crippen molar-refractivity contribution in [3.05, 3.63) is 53.2 Å². The number of hydrogen-bond acceptors (Lipinski definition) is 8. The van der Waals surface area contributed by atoms with Gasteiger partial charge in [0.15, 0.2) is 28.8 Å². The van der Waals surface area contributed by atoms with E-state index in [-0.39, 0.29) is 0 Å². The minimum atomic E-state index is -0.676. The molecule has 0 radical (unpaired) electrons. The fourth-order valence-corrected chi connectivity index (χ4v) is 3.98. The summed E-state index contributed by atoms with van der Waals surface area (Å²) < 4.78 is 23.4. The Morgan fingerprint density at radius 2 is 1.73 bits per heavy atom. The minimum Gasteiger partial charge on any atom is -0.493 e. The number of ether oxygens (including phenoxy) is 4. The van der Waals surface area contributed by atoms with Crippen molar-refractivity contribution in [2.24, 2.45) is 5.73 Å². The summed E-state index contributed by atoms with van der Waals surface area (Å²) in [7, 11) is 6.23. The number of para-hydroxylation sites is 1. The average molecular weight is 451 g/mol. The molecule has 2 aromatic carbocycles. The summed E-state index contributed by atoms with van der Waals surface area (Å²) in [5.74, 6) is 2.46. The van der Waals surface area contributed by atoms with Gasteiger partial charge in [-0.2, -0.15) is 4.98 Å². The van der Waals surface area contributed by atoms with Gasteiger partial charge in [-0.15, -0.1) is 5.10 Å². The topological polar surface area (TPSA) is 123 Å². The van der Waals surface area contributed by atoms with Crippen LogP contribution >= 0.6 is 0 Å². The highest BCUT2D eigenvalue weighted by Crippen LogP contribution is 2.43. The molecule has 172 valence electrons. The number of amides is 1. The van der Waals surface area contributed by atoms with Crippen LogP contribution in [0.15, 0.2) is 47.7 Å². The number of benzene rings is 2. The average Bonchev–Trinajstić information content (AvgIpc) is 3.25. The molecule has 2 heterocycles. The van der Waals surface area contributed by atoms with E-state index in [0.29, 0.717) is 57.2 Å². The summed E-state index contributed by atoms with van der Waals surface area (Å²) in [6.07, 6.45) is 0. The van der Waals surface area contributed by atoms with Gasteiger partial charge in [0.2, 0.25) is 11.9 Å². The fourth-order valence-electron chi connectivity index (χ4n) is 3.98. The van der Waals surface area contributed by atoms with E-state index in [4.69, 9.17) is 29.8 Å². The van der Waals surface area contributed by atoms with Crippen LogP contribution in [0.5, 0.6) is 23.0 Å². The van der Waals surface area contributed by atoms with Gasteiger partial charge in [-0.25, -0.2) is 4.68 Å². The Morgan fingerprint density at radius 1 is 1.00 bits per heavy atom. The molecule has 0 saturated heterocycles. The standard InChI is InChI=1S/C23H25N5O5/c1-12-18(21(24)29)19(14-7-6-8-16(31-3)20(14)33-5)28-23(25-12)26-22(27-28)13-9-10-15(30-2)17(11-13)32-4/h6-11,19H,1-5H3,(H2,24,29)(H,25,26,27)/t19-/m0/s1. The predicted octanol–water partition coefficient (Wildman–Crippen LogP) is 2.75. The molecule has 0 aliphatic carbocycles. The molecule has 1 aliphatic rings. The van der Waals surface area contributed by atoms with E-state index in [9.17, 15) is 4.79 Å². The first-order valence-electron chi connectivity index (χ1n) is 10.1. The molecular formula is C23H25N5O5. The number of allylic oxidation sites excluding steroid dienone is 1. The number of aromatic nitrogens is 3. The van der Waals surface area contributed by atoms with Gasteiger partial charge in [0.25, 0.3) is 0 Å². The Bertz CT molecular complexity index is 1250. The number of primary amides is 1. The first-order valence-corrected chi connectivity index (χ1v) is 10.1. The van der Waals surface area contributed by atoms with Gasteiger partial charge in [-0.3, -0.25) is 4.79 Å². The summed E-state index contributed by atoms with van der Waals surface area (Å²) in [6.45, 7) is 1.77. The van der Waals surface area contributed by atoms with Crippen LogP contribution in [0.25, 0.3) is 11.4 Å². The smallest absolute Gasteiger partial charge is 0.248 e. The second-order valence-electron chi connectivity index (χ2n) is 7.29. The van der Waals surface area contributed by atoms with E-state index in [0.717, 1.165) is 0 Å². The molecule has 1 atom stereocenters. The molecule has 0 spiro atoms. The number of fused-ring (bicyclic) bond motifs is 1. The highest BCUT2D eigenvalue weighted by molar-refractivity contribution is 5.95. The molecule has 0 fully saturated rings. The quantitative estimate of drug-likeness (QED) is 0.562. The van der Waals surface area contributed by atoms with Gasteiger partial charge in [-0.05, 0) is 31.2 Å². The first kappa shape index (κ1) is 22.0. The number of hydrogen-bond donors (Lipinski definition) is 2. The van der Waals surface area contributed by atoms with E-state index < -0.39 is 11.9 Å². The number of nitrogens with one attached hydrogen (secondary N) is 1. The highest BCUT2D eigenvalue weighted by Gasteiger charge is 2.36. The normalized spacial score (nSPS) is 14.9. The number of anilines is 1. The molecule has 3 N–H and O–H groups in total. The molecular weight excluding hydrogens is 426 g/mol. The molecule has 10 heteroatoms. The van der Waals surface area contributed by atoms with E-state index in [1.54, 1.807) is 58.2 Å². The molecule has 0 unspecified atom stereocenters. The van der Waals surface area contributed by atoms with Crippen LogP contribution in [0.4, 0.5) is 5.95 Å². The first-order chi connectivity index (χ1) is 15.9. The van der Waals surface area contributed by atoms with Crippen LogP contribution in [0.1, 0.15) is 18.5 Å². The molecule has 3 aromatic rings. The Kier molecular flexibility index (Phi) is 5.82. The van der Waals surface area contributed by atoms with Gasteiger partial charge in [0, 0.05) is 16.8 Å². The lowest BCUT2D eigenvalue weighted by Crippen LogP contribution is -2.32. The molecule has 10 nitrogen and oxygen atoms in total. The van der Waals surface area contributed by atoms with E-state index in [2.05, 4.69) is 10.3 Å². The van der Waals surface area contributed by atoms with Gasteiger partial charge >= 0.3 is 0 Å². The summed E-state index contributed by atoms with van der Waals surface area (Å²) >= 11 is 0. The Labute approximate surface area is 190 Å². The Balaban J connectivity index is 1.91. The molecule has 4 rings (SSSR count). The van der Waals surface area contributed by atoms with Crippen LogP contribution in [-0.2, 0) is 4.79 Å². The number of rotatable bonds is 7. The maximum Gasteiger partial charge on any atom is 0.248 e. The zero-order valence-corrected chi connectivity index (χ0v) is 19.0. The van der Waals surface area contributed by atoms with Crippen molar-refractivity contribution in [3.63, 3.8) is 0 Å². The van der Waals surface area contributed by atoms with Crippen molar-refractivity contribution in [1.82, 2.24) is 14.8 Å². The van der Waals surface area contributed by atoms with Gasteiger partial charge in [-0.1, -0.05) is 12.1 Å². The molecule has 1 aliphatic heterocycles. The van der Waals surface area contributed by atoms with Crippen molar-refractivity contribution >= 4 is 11.9 Å². The fraction of sp³-hybridized carbons (Fsp3) is 0.261. The van der Waals surface area contributed by atoms with E-state index in [1.165, 1.54) is 0 Å². The molecule has 1 aromatic heterocycles. The number of carbonyl (C=O) groups is 1. The van der Waals surface area contributed by atoms with Crippen molar-refractivity contribution in [3.8, 4) is 34.4 Å². The number of methoxy groups -OCH3 is 4. The summed E-state index contributed by atoms with van der Waals surface area (Å²) in [4.78, 5) is 17.2. The van der Waals surface area contributed by atoms with Crippen molar-refractivity contribution < 1.29 is 23.7 Å². The number of nitrogens with two attached hydrogens (primary N) is 1. The SMILES string of the molecule is COc1ccc(-c2nc3n(n2)[C@@H](c2cccc(OC)c2OC)C(C(N)=O)=C(C)N3)cc1OC.